The van der Waals surface area contributed by atoms with Crippen molar-refractivity contribution in [2.24, 2.45) is 0 Å². The molecule has 0 saturated carbocycles. The summed E-state index contributed by atoms with van der Waals surface area (Å²) in [6.07, 6.45) is 2.03. The number of amides is 1. The van der Waals surface area contributed by atoms with Crippen LogP contribution in [-0.4, -0.2) is 75.2 Å². The summed E-state index contributed by atoms with van der Waals surface area (Å²) in [6.45, 7) is 9.50. The molecule has 6 nitrogen and oxygen atoms in total. The number of methoxy groups -OCH3 is 1. The van der Waals surface area contributed by atoms with Gasteiger partial charge in [0.15, 0.2) is 11.5 Å². The van der Waals surface area contributed by atoms with Crippen LogP contribution >= 0.6 is 12.4 Å². The second kappa shape index (κ2) is 11.5. The number of nitrogens with zero attached hydrogens (tertiary/aromatic N) is 3. The van der Waals surface area contributed by atoms with E-state index in [1.165, 1.54) is 11.1 Å². The van der Waals surface area contributed by atoms with Crippen LogP contribution in [0.2, 0.25) is 0 Å². The van der Waals surface area contributed by atoms with Crippen LogP contribution in [0.15, 0.2) is 42.5 Å². The smallest absolute Gasteiger partial charge is 0.223 e. The monoisotopic (exact) mass is 459 g/mol. The molecular formula is C25H34ClN3O3. The van der Waals surface area contributed by atoms with Gasteiger partial charge in [-0.15, -0.1) is 12.4 Å². The third kappa shape index (κ3) is 5.94. The number of para-hydroxylation sites is 2. The number of fused-ring (bicyclic) bond motifs is 1. The van der Waals surface area contributed by atoms with Gasteiger partial charge in [0.25, 0.3) is 0 Å². The van der Waals surface area contributed by atoms with Crippen molar-refractivity contribution in [3.63, 3.8) is 0 Å². The first-order chi connectivity index (χ1) is 15.1. The molecule has 2 aromatic carbocycles. The minimum atomic E-state index is 0. The van der Waals surface area contributed by atoms with Crippen LogP contribution in [0.1, 0.15) is 18.1 Å². The number of anilines is 1. The average Bonchev–Trinajstić information content (AvgIpc) is 3.22. The van der Waals surface area contributed by atoms with E-state index in [1.54, 1.807) is 14.0 Å². The molecule has 1 fully saturated rings. The van der Waals surface area contributed by atoms with Crippen LogP contribution in [-0.2, 0) is 17.6 Å². The summed E-state index contributed by atoms with van der Waals surface area (Å²) in [5, 5.41) is 0. The number of halogens is 1. The van der Waals surface area contributed by atoms with E-state index in [0.29, 0.717) is 6.61 Å². The molecule has 0 N–H and O–H groups in total. The van der Waals surface area contributed by atoms with Gasteiger partial charge < -0.3 is 19.3 Å². The van der Waals surface area contributed by atoms with Crippen molar-refractivity contribution in [3.8, 4) is 11.5 Å². The predicted molar refractivity (Wildman–Crippen MR) is 130 cm³/mol. The van der Waals surface area contributed by atoms with Crippen molar-refractivity contribution in [1.82, 2.24) is 9.80 Å². The van der Waals surface area contributed by atoms with Crippen molar-refractivity contribution >= 4 is 24.0 Å². The highest BCUT2D eigenvalue weighted by Gasteiger charge is 2.22. The lowest BCUT2D eigenvalue weighted by atomic mass is 10.1. The quantitative estimate of drug-likeness (QED) is 0.606. The lowest BCUT2D eigenvalue weighted by Crippen LogP contribution is -2.47. The number of rotatable bonds is 8. The van der Waals surface area contributed by atoms with Gasteiger partial charge in [0.05, 0.1) is 7.11 Å². The minimum Gasteiger partial charge on any atom is -0.493 e. The van der Waals surface area contributed by atoms with Gasteiger partial charge in [-0.1, -0.05) is 24.3 Å². The highest BCUT2D eigenvalue weighted by atomic mass is 35.5. The SMILES string of the molecule is COc1ccccc1OCCN1CCN(CCc2ccc3c(c2)CCN3C(C)=O)CC1.Cl. The topological polar surface area (TPSA) is 45.3 Å². The van der Waals surface area contributed by atoms with Crippen LogP contribution in [0.5, 0.6) is 11.5 Å². The second-order valence-electron chi connectivity index (χ2n) is 8.32. The van der Waals surface area contributed by atoms with Crippen LogP contribution in [0.4, 0.5) is 5.69 Å². The Balaban J connectivity index is 0.00000289. The summed E-state index contributed by atoms with van der Waals surface area (Å²) in [6, 6.07) is 14.4. The molecule has 0 bridgehead atoms. The Morgan fingerprint density at radius 3 is 2.31 bits per heavy atom. The van der Waals surface area contributed by atoms with Crippen LogP contribution in [0.3, 0.4) is 0 Å². The maximum Gasteiger partial charge on any atom is 0.223 e. The maximum atomic E-state index is 11.7. The summed E-state index contributed by atoms with van der Waals surface area (Å²) in [5.74, 6) is 1.73. The van der Waals surface area contributed by atoms with Gasteiger partial charge in [-0.25, -0.2) is 0 Å². The fourth-order valence-corrected chi connectivity index (χ4v) is 4.48. The minimum absolute atomic E-state index is 0. The molecule has 2 heterocycles. The average molecular weight is 460 g/mol. The number of hydrogen-bond donors (Lipinski definition) is 0. The molecule has 0 aliphatic carbocycles. The van der Waals surface area contributed by atoms with E-state index < -0.39 is 0 Å². The molecule has 0 radical (unpaired) electrons. The van der Waals surface area contributed by atoms with Gasteiger partial charge in [0, 0.05) is 58.4 Å². The molecule has 7 heteroatoms. The number of benzene rings is 2. The van der Waals surface area contributed by atoms with Crippen LogP contribution in [0.25, 0.3) is 0 Å². The molecule has 0 aromatic heterocycles. The molecule has 1 amide bonds. The zero-order valence-electron chi connectivity index (χ0n) is 19.1. The van der Waals surface area contributed by atoms with Crippen molar-refractivity contribution in [3.05, 3.63) is 53.6 Å². The Bertz CT molecular complexity index is 900. The van der Waals surface area contributed by atoms with Gasteiger partial charge in [-0.3, -0.25) is 9.69 Å². The Labute approximate surface area is 197 Å². The Morgan fingerprint density at radius 2 is 1.62 bits per heavy atom. The number of hydrogen-bond acceptors (Lipinski definition) is 5. The Hall–Kier alpha value is -2.28. The summed E-state index contributed by atoms with van der Waals surface area (Å²) in [4.78, 5) is 18.6. The molecule has 2 aliphatic heterocycles. The van der Waals surface area contributed by atoms with E-state index >= 15 is 0 Å². The van der Waals surface area contributed by atoms with E-state index in [2.05, 4.69) is 28.0 Å². The van der Waals surface area contributed by atoms with Crippen LogP contribution < -0.4 is 14.4 Å². The molecule has 0 spiro atoms. The van der Waals surface area contributed by atoms with E-state index in [-0.39, 0.29) is 18.3 Å². The molecule has 2 aliphatic rings. The van der Waals surface area contributed by atoms with Crippen molar-refractivity contribution in [2.45, 2.75) is 19.8 Å². The fraction of sp³-hybridized carbons (Fsp3) is 0.480. The van der Waals surface area contributed by atoms with Crippen LogP contribution in [0, 0.1) is 0 Å². The predicted octanol–water partition coefficient (Wildman–Crippen LogP) is 3.27. The van der Waals surface area contributed by atoms with E-state index in [9.17, 15) is 4.79 Å². The lowest BCUT2D eigenvalue weighted by Gasteiger charge is -2.34. The van der Waals surface area contributed by atoms with Gasteiger partial charge >= 0.3 is 0 Å². The summed E-state index contributed by atoms with van der Waals surface area (Å²) in [5.41, 5.74) is 3.78. The molecule has 1 saturated heterocycles. The molecule has 32 heavy (non-hydrogen) atoms. The number of carbonyl (C=O) groups excluding carboxylic acids is 1. The summed E-state index contributed by atoms with van der Waals surface area (Å²) < 4.78 is 11.3. The second-order valence-corrected chi connectivity index (χ2v) is 8.32. The molecule has 0 atom stereocenters. The highest BCUT2D eigenvalue weighted by molar-refractivity contribution is 5.93. The molecule has 174 valence electrons. The standard InChI is InChI=1S/C25H33N3O3.ClH/c1-20(29)28-12-10-22-19-21(7-8-23(22)28)9-11-26-13-15-27(16-14-26)17-18-31-25-6-4-3-5-24(25)30-2;/h3-8,19H,9-18H2,1-2H3;1H. The van der Waals surface area contributed by atoms with Gasteiger partial charge in [-0.05, 0) is 42.2 Å². The van der Waals surface area contributed by atoms with Crippen molar-refractivity contribution in [2.75, 3.05) is 64.4 Å². The molecular weight excluding hydrogens is 426 g/mol. The number of piperazine rings is 1. The zero-order chi connectivity index (χ0) is 21.6. The first-order valence-electron chi connectivity index (χ1n) is 11.2. The Morgan fingerprint density at radius 1 is 0.938 bits per heavy atom. The summed E-state index contributed by atoms with van der Waals surface area (Å²) in [7, 11) is 1.67. The van der Waals surface area contributed by atoms with E-state index in [1.807, 2.05) is 29.2 Å². The summed E-state index contributed by atoms with van der Waals surface area (Å²) >= 11 is 0. The maximum absolute atomic E-state index is 11.7. The number of ether oxygens (including phenoxy) is 2. The zero-order valence-corrected chi connectivity index (χ0v) is 19.9. The molecule has 4 rings (SSSR count). The third-order valence-corrected chi connectivity index (χ3v) is 6.34. The molecule has 2 aromatic rings. The van der Waals surface area contributed by atoms with Gasteiger partial charge in [0.2, 0.25) is 5.91 Å². The van der Waals surface area contributed by atoms with Crippen molar-refractivity contribution in [1.29, 1.82) is 0 Å². The first kappa shape index (κ1) is 24.4. The van der Waals surface area contributed by atoms with E-state index in [0.717, 1.165) is 75.8 Å². The first-order valence-corrected chi connectivity index (χ1v) is 11.2. The fourth-order valence-electron chi connectivity index (χ4n) is 4.48. The number of carbonyl (C=O) groups is 1. The normalized spacial score (nSPS) is 16.4. The largest absolute Gasteiger partial charge is 0.493 e. The molecule has 0 unspecified atom stereocenters. The van der Waals surface area contributed by atoms with Gasteiger partial charge in [-0.2, -0.15) is 0 Å². The van der Waals surface area contributed by atoms with E-state index in [4.69, 9.17) is 9.47 Å². The van der Waals surface area contributed by atoms with Crippen molar-refractivity contribution < 1.29 is 14.3 Å². The highest BCUT2D eigenvalue weighted by Crippen LogP contribution is 2.29. The van der Waals surface area contributed by atoms with Gasteiger partial charge in [0.1, 0.15) is 6.61 Å². The lowest BCUT2D eigenvalue weighted by molar-refractivity contribution is -0.116. The Kier molecular flexibility index (Phi) is 8.79. The third-order valence-electron chi connectivity index (χ3n) is 6.34.